The van der Waals surface area contributed by atoms with Crippen LogP contribution in [0.25, 0.3) is 33.2 Å². The van der Waals surface area contributed by atoms with E-state index in [4.69, 9.17) is 9.47 Å². The van der Waals surface area contributed by atoms with E-state index in [0.29, 0.717) is 12.3 Å². The van der Waals surface area contributed by atoms with E-state index in [0.717, 1.165) is 59.2 Å². The highest BCUT2D eigenvalue weighted by Crippen LogP contribution is 2.37. The maximum Gasteiger partial charge on any atom is 0.330 e. The number of piperidine rings is 1. The summed E-state index contributed by atoms with van der Waals surface area (Å²) in [5.41, 5.74) is 5.11. The van der Waals surface area contributed by atoms with Gasteiger partial charge in [0.05, 0.1) is 30.5 Å². The van der Waals surface area contributed by atoms with Crippen LogP contribution in [0.1, 0.15) is 43.8 Å². The lowest BCUT2D eigenvalue weighted by atomic mass is 9.89. The second-order valence-corrected chi connectivity index (χ2v) is 10.3. The highest BCUT2D eigenvalue weighted by molar-refractivity contribution is 6.02. The van der Waals surface area contributed by atoms with E-state index in [1.54, 1.807) is 18.7 Å². The van der Waals surface area contributed by atoms with Crippen LogP contribution >= 0.6 is 0 Å². The average molecular weight is 503 g/mol. The van der Waals surface area contributed by atoms with Gasteiger partial charge in [0, 0.05) is 43.9 Å². The number of pyridine rings is 1. The van der Waals surface area contributed by atoms with Crippen molar-refractivity contribution in [3.63, 3.8) is 0 Å². The van der Waals surface area contributed by atoms with Crippen LogP contribution in [0.5, 0.6) is 0 Å². The number of imidazole rings is 1. The number of likely N-dealkylation sites (tertiary alicyclic amines) is 1. The second kappa shape index (κ2) is 10.3. The number of aromatic nitrogens is 5. The molecular weight excluding hydrogens is 468 g/mol. The molecule has 0 unspecified atom stereocenters. The minimum Gasteiger partial charge on any atom is -0.381 e. The van der Waals surface area contributed by atoms with Gasteiger partial charge in [-0.2, -0.15) is 0 Å². The quantitative estimate of drug-likeness (QED) is 0.340. The topological polar surface area (TPSA) is 87.3 Å². The van der Waals surface area contributed by atoms with Crippen molar-refractivity contribution in [2.75, 3.05) is 33.4 Å². The molecule has 2 fully saturated rings. The Hall–Kier alpha value is -3.14. The molecule has 0 amide bonds. The average Bonchev–Trinajstić information content (AvgIpc) is 3.17. The minimum absolute atomic E-state index is 0.0620. The van der Waals surface area contributed by atoms with Gasteiger partial charge in [0.25, 0.3) is 0 Å². The van der Waals surface area contributed by atoms with Crippen molar-refractivity contribution in [2.45, 2.75) is 50.9 Å². The van der Waals surface area contributed by atoms with Crippen LogP contribution in [0, 0.1) is 0 Å². The number of rotatable bonds is 8. The molecule has 4 heterocycles. The molecule has 1 saturated heterocycles. The van der Waals surface area contributed by atoms with Crippen LogP contribution in [0.2, 0.25) is 0 Å². The first-order chi connectivity index (χ1) is 18.1. The molecule has 1 aliphatic heterocycles. The summed E-state index contributed by atoms with van der Waals surface area (Å²) < 4.78 is 14.8. The number of hydrogen-bond donors (Lipinski definition) is 0. The van der Waals surface area contributed by atoms with Gasteiger partial charge in [0.15, 0.2) is 5.65 Å². The molecule has 3 aromatic heterocycles. The smallest absolute Gasteiger partial charge is 0.330 e. The van der Waals surface area contributed by atoms with Crippen LogP contribution < -0.4 is 5.69 Å². The van der Waals surface area contributed by atoms with Crippen LogP contribution in [0.4, 0.5) is 0 Å². The largest absolute Gasteiger partial charge is 0.381 e. The van der Waals surface area contributed by atoms with Crippen molar-refractivity contribution < 1.29 is 9.47 Å². The zero-order valence-electron chi connectivity index (χ0n) is 21.6. The van der Waals surface area contributed by atoms with Gasteiger partial charge in [0.2, 0.25) is 0 Å². The minimum atomic E-state index is -0.0620. The molecule has 9 nitrogen and oxygen atoms in total. The Morgan fingerprint density at radius 2 is 1.84 bits per heavy atom. The second-order valence-electron chi connectivity index (χ2n) is 10.3. The molecule has 6 rings (SSSR count). The lowest BCUT2D eigenvalue weighted by Gasteiger charge is -2.34. The maximum atomic E-state index is 13.1. The van der Waals surface area contributed by atoms with Crippen molar-refractivity contribution >= 4 is 22.1 Å². The van der Waals surface area contributed by atoms with Crippen LogP contribution in [-0.4, -0.2) is 68.7 Å². The number of methoxy groups -OCH3 is 1. The molecule has 4 aromatic rings. The normalized spacial score (nSPS) is 20.5. The highest BCUT2D eigenvalue weighted by atomic mass is 16.5. The first-order valence-corrected chi connectivity index (χ1v) is 13.3. The zero-order chi connectivity index (χ0) is 25.4. The summed E-state index contributed by atoms with van der Waals surface area (Å²) in [4.78, 5) is 20.3. The van der Waals surface area contributed by atoms with E-state index in [1.807, 2.05) is 29.0 Å². The molecule has 1 aromatic carbocycles. The number of aryl methyl sites for hydroxylation is 1. The Labute approximate surface area is 216 Å². The van der Waals surface area contributed by atoms with Crippen molar-refractivity contribution in [3.05, 3.63) is 52.7 Å². The number of hydrogen-bond acceptors (Lipinski definition) is 7. The van der Waals surface area contributed by atoms with E-state index < -0.39 is 0 Å². The SMILES string of the molecule is COC1CC(n2c(=O)n(C)c3nnc4ccc(-c5ccc(COCCN6CCCCC6)nc5)cc4c32)C1. The number of fused-ring (bicyclic) bond motifs is 3. The third-order valence-electron chi connectivity index (χ3n) is 7.94. The van der Waals surface area contributed by atoms with Crippen LogP contribution in [0.15, 0.2) is 41.3 Å². The van der Waals surface area contributed by atoms with Crippen LogP contribution in [0.3, 0.4) is 0 Å². The third-order valence-corrected chi connectivity index (χ3v) is 7.94. The zero-order valence-corrected chi connectivity index (χ0v) is 21.6. The Kier molecular flexibility index (Phi) is 6.75. The fourth-order valence-corrected chi connectivity index (χ4v) is 5.59. The first-order valence-electron chi connectivity index (χ1n) is 13.3. The molecule has 0 N–H and O–H groups in total. The van der Waals surface area contributed by atoms with Crippen molar-refractivity contribution in [1.29, 1.82) is 0 Å². The van der Waals surface area contributed by atoms with Crippen LogP contribution in [-0.2, 0) is 23.1 Å². The summed E-state index contributed by atoms with van der Waals surface area (Å²) in [5, 5.41) is 9.70. The van der Waals surface area contributed by atoms with Gasteiger partial charge >= 0.3 is 5.69 Å². The predicted octanol–water partition coefficient (Wildman–Crippen LogP) is 3.70. The fraction of sp³-hybridized carbons (Fsp3) is 0.500. The lowest BCUT2D eigenvalue weighted by molar-refractivity contribution is 0.00635. The van der Waals surface area contributed by atoms with Gasteiger partial charge in [-0.1, -0.05) is 18.6 Å². The summed E-state index contributed by atoms with van der Waals surface area (Å²) in [6.45, 7) is 4.61. The van der Waals surface area contributed by atoms with Gasteiger partial charge in [-0.25, -0.2) is 4.79 Å². The van der Waals surface area contributed by atoms with Crippen molar-refractivity contribution in [3.8, 4) is 11.1 Å². The maximum absolute atomic E-state index is 13.1. The highest BCUT2D eigenvalue weighted by Gasteiger charge is 2.34. The van der Waals surface area contributed by atoms with Gasteiger partial charge in [-0.15, -0.1) is 10.2 Å². The Bertz CT molecular complexity index is 1450. The number of nitrogens with zero attached hydrogens (tertiary/aromatic N) is 6. The summed E-state index contributed by atoms with van der Waals surface area (Å²) >= 11 is 0. The third kappa shape index (κ3) is 4.67. The number of benzene rings is 1. The van der Waals surface area contributed by atoms with E-state index >= 15 is 0 Å². The molecule has 1 aliphatic carbocycles. The van der Waals surface area contributed by atoms with Crippen molar-refractivity contribution in [2.24, 2.45) is 7.05 Å². The first kappa shape index (κ1) is 24.2. The summed E-state index contributed by atoms with van der Waals surface area (Å²) in [7, 11) is 3.48. The van der Waals surface area contributed by atoms with Gasteiger partial charge in [0.1, 0.15) is 5.52 Å². The summed E-state index contributed by atoms with van der Waals surface area (Å²) in [6.07, 6.45) is 7.68. The molecule has 0 atom stereocenters. The molecular formula is C28H34N6O3. The fourth-order valence-electron chi connectivity index (χ4n) is 5.59. The predicted molar refractivity (Wildman–Crippen MR) is 143 cm³/mol. The number of ether oxygens (including phenoxy) is 2. The summed E-state index contributed by atoms with van der Waals surface area (Å²) in [6, 6.07) is 10.3. The molecule has 194 valence electrons. The standard InChI is InChI=1S/C28H34N6O3/c1-32-27-26(34(28(32)35)22-15-23(16-22)36-2)24-14-19(7-9-25(24)30-31-27)20-6-8-21(29-17-20)18-37-13-12-33-10-4-3-5-11-33/h6-9,14,17,22-23H,3-5,10-13,15-16,18H2,1-2H3. The molecule has 37 heavy (non-hydrogen) atoms. The summed E-state index contributed by atoms with van der Waals surface area (Å²) in [5.74, 6) is 0. The van der Waals surface area contributed by atoms with E-state index in [1.165, 1.54) is 32.4 Å². The Morgan fingerprint density at radius 3 is 2.59 bits per heavy atom. The van der Waals surface area contributed by atoms with Gasteiger partial charge in [-0.05, 0) is 62.5 Å². The molecule has 0 bridgehead atoms. The van der Waals surface area contributed by atoms with E-state index in [-0.39, 0.29) is 17.8 Å². The monoisotopic (exact) mass is 502 g/mol. The lowest BCUT2D eigenvalue weighted by Crippen LogP contribution is -2.37. The van der Waals surface area contributed by atoms with Crippen molar-refractivity contribution in [1.82, 2.24) is 29.2 Å². The Balaban J connectivity index is 1.23. The van der Waals surface area contributed by atoms with E-state index in [2.05, 4.69) is 32.2 Å². The molecule has 1 saturated carbocycles. The molecule has 2 aliphatic rings. The molecule has 0 radical (unpaired) electrons. The van der Waals surface area contributed by atoms with Gasteiger partial charge < -0.3 is 14.4 Å². The molecule has 0 spiro atoms. The van der Waals surface area contributed by atoms with E-state index in [9.17, 15) is 4.79 Å². The molecule has 9 heteroatoms. The van der Waals surface area contributed by atoms with Gasteiger partial charge in [-0.3, -0.25) is 14.1 Å². The Morgan fingerprint density at radius 1 is 1.03 bits per heavy atom.